The summed E-state index contributed by atoms with van der Waals surface area (Å²) in [7, 11) is -3.44. The van der Waals surface area contributed by atoms with E-state index < -0.39 is 15.7 Å². The lowest BCUT2D eigenvalue weighted by Crippen LogP contribution is -2.15. The van der Waals surface area contributed by atoms with Crippen LogP contribution in [0.2, 0.25) is 5.02 Å². The van der Waals surface area contributed by atoms with E-state index in [9.17, 15) is 18.0 Å². The van der Waals surface area contributed by atoms with Gasteiger partial charge in [-0.1, -0.05) is 17.7 Å². The first-order chi connectivity index (χ1) is 14.7. The molecule has 0 aliphatic rings. The number of aromatic nitrogens is 1. The molecule has 7 nitrogen and oxygen atoms in total. The van der Waals surface area contributed by atoms with Crippen molar-refractivity contribution in [3.8, 4) is 0 Å². The van der Waals surface area contributed by atoms with Gasteiger partial charge in [-0.2, -0.15) is 0 Å². The summed E-state index contributed by atoms with van der Waals surface area (Å²) >= 11 is 7.64. The topological polar surface area (TPSA) is 105 Å². The Morgan fingerprint density at radius 1 is 1.00 bits per heavy atom. The van der Waals surface area contributed by atoms with Crippen LogP contribution in [0, 0.1) is 0 Å². The van der Waals surface area contributed by atoms with Gasteiger partial charge in [0.1, 0.15) is 5.03 Å². The number of amides is 2. The number of rotatable bonds is 6. The molecule has 0 saturated heterocycles. The van der Waals surface area contributed by atoms with Crippen LogP contribution in [0.15, 0.2) is 70.7 Å². The molecule has 10 heteroatoms. The van der Waals surface area contributed by atoms with Crippen LogP contribution in [0.25, 0.3) is 0 Å². The zero-order valence-corrected chi connectivity index (χ0v) is 18.9. The molecular formula is C21H18ClN3O4S2. The number of nitrogens with one attached hydrogen (secondary N) is 2. The molecule has 0 saturated carbocycles. The highest BCUT2D eigenvalue weighted by Gasteiger charge is 2.15. The van der Waals surface area contributed by atoms with Crippen LogP contribution in [-0.4, -0.2) is 37.7 Å². The summed E-state index contributed by atoms with van der Waals surface area (Å²) in [5, 5.41) is 6.21. The zero-order valence-electron chi connectivity index (χ0n) is 16.5. The van der Waals surface area contributed by atoms with Gasteiger partial charge in [0.2, 0.25) is 0 Å². The van der Waals surface area contributed by atoms with Gasteiger partial charge >= 0.3 is 0 Å². The number of halogens is 1. The molecule has 160 valence electrons. The van der Waals surface area contributed by atoms with Crippen LogP contribution < -0.4 is 10.6 Å². The number of pyridine rings is 1. The summed E-state index contributed by atoms with van der Waals surface area (Å²) in [4.78, 5) is 29.3. The summed E-state index contributed by atoms with van der Waals surface area (Å²) in [6.07, 6.45) is 4.52. The molecule has 0 radical (unpaired) electrons. The fourth-order valence-corrected chi connectivity index (χ4v) is 4.12. The lowest BCUT2D eigenvalue weighted by Gasteiger charge is -2.11. The zero-order chi connectivity index (χ0) is 22.6. The average molecular weight is 476 g/mol. The van der Waals surface area contributed by atoms with Crippen molar-refractivity contribution < 1.29 is 18.0 Å². The van der Waals surface area contributed by atoms with Crippen molar-refractivity contribution in [1.29, 1.82) is 0 Å². The Labute approximate surface area is 189 Å². The van der Waals surface area contributed by atoms with E-state index in [-0.39, 0.29) is 21.4 Å². The summed E-state index contributed by atoms with van der Waals surface area (Å²) in [5.74, 6) is -0.841. The average Bonchev–Trinajstić information content (AvgIpc) is 2.75. The molecule has 0 aliphatic heterocycles. The van der Waals surface area contributed by atoms with Crippen LogP contribution in [0.4, 0.5) is 11.4 Å². The van der Waals surface area contributed by atoms with E-state index >= 15 is 0 Å². The number of nitrogens with zero attached hydrogens (tertiary/aromatic N) is 1. The minimum atomic E-state index is -3.44. The molecule has 31 heavy (non-hydrogen) atoms. The first-order valence-corrected chi connectivity index (χ1v) is 12.4. The first-order valence-electron chi connectivity index (χ1n) is 8.90. The van der Waals surface area contributed by atoms with Crippen molar-refractivity contribution in [2.24, 2.45) is 0 Å². The number of carbonyl (C=O) groups excluding carboxylic acids is 2. The Balaban J connectivity index is 1.75. The van der Waals surface area contributed by atoms with Gasteiger partial charge in [-0.15, -0.1) is 11.8 Å². The summed E-state index contributed by atoms with van der Waals surface area (Å²) in [6.45, 7) is 0. The van der Waals surface area contributed by atoms with Crippen molar-refractivity contribution in [1.82, 2.24) is 4.98 Å². The molecule has 2 N–H and O–H groups in total. The normalized spacial score (nSPS) is 11.1. The third-order valence-electron chi connectivity index (χ3n) is 4.21. The van der Waals surface area contributed by atoms with Gasteiger partial charge in [-0.05, 0) is 54.8 Å². The lowest BCUT2D eigenvalue weighted by molar-refractivity contribution is 0.101. The maximum Gasteiger partial charge on any atom is 0.258 e. The predicted molar refractivity (Wildman–Crippen MR) is 123 cm³/mol. The molecule has 2 aromatic carbocycles. The second-order valence-electron chi connectivity index (χ2n) is 6.46. The van der Waals surface area contributed by atoms with Crippen LogP contribution >= 0.6 is 23.4 Å². The van der Waals surface area contributed by atoms with Crippen molar-refractivity contribution in [2.45, 2.75) is 9.92 Å². The number of hydrogen-bond acceptors (Lipinski definition) is 6. The number of benzene rings is 2. The maximum absolute atomic E-state index is 12.5. The van der Waals surface area contributed by atoms with Crippen LogP contribution in [0.3, 0.4) is 0 Å². The molecule has 3 rings (SSSR count). The van der Waals surface area contributed by atoms with Gasteiger partial charge < -0.3 is 10.6 Å². The Bertz CT molecular complexity index is 1260. The highest BCUT2D eigenvalue weighted by atomic mass is 35.5. The quantitative estimate of drug-likeness (QED) is 0.513. The molecule has 0 spiro atoms. The molecule has 0 atom stereocenters. The smallest absolute Gasteiger partial charge is 0.258 e. The molecular weight excluding hydrogens is 458 g/mol. The third kappa shape index (κ3) is 5.63. The van der Waals surface area contributed by atoms with E-state index in [2.05, 4.69) is 15.6 Å². The van der Waals surface area contributed by atoms with E-state index in [1.165, 1.54) is 42.1 Å². The number of anilines is 2. The highest BCUT2D eigenvalue weighted by Crippen LogP contribution is 2.27. The summed E-state index contributed by atoms with van der Waals surface area (Å²) in [6, 6.07) is 13.7. The third-order valence-corrected chi connectivity index (χ3v) is 6.34. The van der Waals surface area contributed by atoms with Crippen molar-refractivity contribution >= 4 is 56.4 Å². The molecule has 0 bridgehead atoms. The Hall–Kier alpha value is -2.88. The van der Waals surface area contributed by atoms with Crippen LogP contribution in [-0.2, 0) is 9.84 Å². The Kier molecular flexibility index (Phi) is 6.99. The molecule has 3 aromatic rings. The minimum Gasteiger partial charge on any atom is -0.322 e. The molecule has 2 amide bonds. The van der Waals surface area contributed by atoms with Gasteiger partial charge in [-0.3, -0.25) is 9.59 Å². The largest absolute Gasteiger partial charge is 0.322 e. The monoisotopic (exact) mass is 475 g/mol. The Morgan fingerprint density at radius 3 is 2.45 bits per heavy atom. The first kappa shape index (κ1) is 22.8. The highest BCUT2D eigenvalue weighted by molar-refractivity contribution is 7.98. The Morgan fingerprint density at radius 2 is 1.77 bits per heavy atom. The second-order valence-corrected chi connectivity index (χ2v) is 9.68. The molecule has 0 aliphatic carbocycles. The standard InChI is InChI=1S/C21H18ClN3O4S2/c1-30-21-16(7-4-10-23-21)20(27)24-14-8-9-18(17(22)12-14)25-19(26)13-5-3-6-15(11-13)31(2,28)29/h3-12H,1-2H3,(H,24,27)(H,25,26). The number of thioether (sulfide) groups is 1. The van der Waals surface area contributed by atoms with E-state index in [1.807, 2.05) is 6.26 Å². The molecule has 1 heterocycles. The SMILES string of the molecule is CSc1ncccc1C(=O)Nc1ccc(NC(=O)c2cccc(S(C)(=O)=O)c2)c(Cl)c1. The number of sulfone groups is 1. The van der Waals surface area contributed by atoms with Crippen LogP contribution in [0.5, 0.6) is 0 Å². The number of carbonyl (C=O) groups is 2. The van der Waals surface area contributed by atoms with E-state index in [1.54, 1.807) is 30.5 Å². The fourth-order valence-electron chi connectivity index (χ4n) is 2.68. The van der Waals surface area contributed by atoms with E-state index in [4.69, 9.17) is 11.6 Å². The van der Waals surface area contributed by atoms with Crippen molar-refractivity contribution in [3.05, 3.63) is 76.9 Å². The molecule has 0 unspecified atom stereocenters. The van der Waals surface area contributed by atoms with Gasteiger partial charge in [0.25, 0.3) is 11.8 Å². The molecule has 1 aromatic heterocycles. The lowest BCUT2D eigenvalue weighted by atomic mass is 10.2. The van der Waals surface area contributed by atoms with E-state index in [0.29, 0.717) is 22.0 Å². The fraction of sp³-hybridized carbons (Fsp3) is 0.0952. The van der Waals surface area contributed by atoms with Gasteiger partial charge in [0.15, 0.2) is 9.84 Å². The summed E-state index contributed by atoms with van der Waals surface area (Å²) in [5.41, 5.74) is 1.38. The predicted octanol–water partition coefficient (Wildman–Crippen LogP) is 4.37. The van der Waals surface area contributed by atoms with E-state index in [0.717, 1.165) is 6.26 Å². The molecule has 0 fully saturated rings. The minimum absolute atomic E-state index is 0.0457. The number of hydrogen-bond donors (Lipinski definition) is 2. The van der Waals surface area contributed by atoms with Gasteiger partial charge in [-0.25, -0.2) is 13.4 Å². The second kappa shape index (κ2) is 9.51. The van der Waals surface area contributed by atoms with Gasteiger partial charge in [0.05, 0.1) is 21.2 Å². The van der Waals surface area contributed by atoms with Crippen LogP contribution in [0.1, 0.15) is 20.7 Å². The van der Waals surface area contributed by atoms with Gasteiger partial charge in [0, 0.05) is 23.7 Å². The summed E-state index contributed by atoms with van der Waals surface area (Å²) < 4.78 is 23.4. The maximum atomic E-state index is 12.5. The van der Waals surface area contributed by atoms with Crippen molar-refractivity contribution in [2.75, 3.05) is 23.1 Å². The van der Waals surface area contributed by atoms with Crippen molar-refractivity contribution in [3.63, 3.8) is 0 Å².